The lowest BCUT2D eigenvalue weighted by molar-refractivity contribution is 0.0210. The summed E-state index contributed by atoms with van der Waals surface area (Å²) in [5, 5.41) is 0. The quantitative estimate of drug-likeness (QED) is 0.796. The van der Waals surface area contributed by atoms with Crippen LogP contribution in [-0.2, 0) is 6.54 Å². The van der Waals surface area contributed by atoms with Gasteiger partial charge >= 0.3 is 0 Å². The summed E-state index contributed by atoms with van der Waals surface area (Å²) in [6.07, 6.45) is 3.29. The van der Waals surface area contributed by atoms with Crippen molar-refractivity contribution in [3.8, 4) is 0 Å². The van der Waals surface area contributed by atoms with Crippen molar-refractivity contribution in [2.45, 2.75) is 39.9 Å². The molecule has 0 N–H and O–H groups in total. The normalized spacial score (nSPS) is 27.3. The maximum Gasteiger partial charge on any atom is 0.180 e. The molecule has 1 fully saturated rings. The molecule has 96 valence electrons. The summed E-state index contributed by atoms with van der Waals surface area (Å²) in [5.41, 5.74) is 0.0533. The smallest absolute Gasteiger partial charge is 0.180 e. The zero-order valence-corrected chi connectivity index (χ0v) is 10.8. The second kappa shape index (κ2) is 4.77. The molecule has 0 aliphatic carbocycles. The highest BCUT2D eigenvalue weighted by atomic mass is 19.1. The number of hydrogen-bond donors (Lipinski definition) is 0. The van der Waals surface area contributed by atoms with Gasteiger partial charge in [0.15, 0.2) is 6.39 Å². The molecule has 1 aliphatic rings. The molecule has 2 heterocycles. The van der Waals surface area contributed by atoms with Crippen LogP contribution < -0.4 is 0 Å². The van der Waals surface area contributed by atoms with E-state index in [0.717, 1.165) is 18.7 Å². The first-order chi connectivity index (χ1) is 7.97. The fourth-order valence-corrected chi connectivity index (χ4v) is 2.63. The Morgan fingerprint density at radius 3 is 2.82 bits per heavy atom. The Morgan fingerprint density at radius 1 is 1.53 bits per heavy atom. The Morgan fingerprint density at radius 2 is 2.29 bits per heavy atom. The average molecular weight is 240 g/mol. The van der Waals surface area contributed by atoms with Crippen molar-refractivity contribution in [3.63, 3.8) is 0 Å². The molecule has 1 aromatic heterocycles. The summed E-state index contributed by atoms with van der Waals surface area (Å²) in [5.74, 6) is 0.972. The maximum atomic E-state index is 14.1. The van der Waals surface area contributed by atoms with Crippen LogP contribution in [0.15, 0.2) is 17.0 Å². The highest BCUT2D eigenvalue weighted by Crippen LogP contribution is 2.36. The number of alkyl halides is 1. The van der Waals surface area contributed by atoms with Gasteiger partial charge in [0.1, 0.15) is 11.9 Å². The van der Waals surface area contributed by atoms with E-state index in [1.54, 1.807) is 6.20 Å². The molecule has 0 bridgehead atoms. The Bertz CT molecular complexity index is 345. The molecule has 1 aromatic rings. The van der Waals surface area contributed by atoms with Gasteiger partial charge in [-0.3, -0.25) is 4.90 Å². The van der Waals surface area contributed by atoms with Crippen molar-refractivity contribution in [2.24, 2.45) is 11.3 Å². The molecule has 17 heavy (non-hydrogen) atoms. The lowest BCUT2D eigenvalue weighted by Crippen LogP contribution is -2.45. The summed E-state index contributed by atoms with van der Waals surface area (Å²) in [4.78, 5) is 5.98. The topological polar surface area (TPSA) is 29.3 Å². The van der Waals surface area contributed by atoms with E-state index in [4.69, 9.17) is 4.42 Å². The van der Waals surface area contributed by atoms with Gasteiger partial charge in [-0.25, -0.2) is 9.37 Å². The van der Waals surface area contributed by atoms with Crippen molar-refractivity contribution in [3.05, 3.63) is 18.4 Å². The van der Waals surface area contributed by atoms with Crippen molar-refractivity contribution < 1.29 is 8.81 Å². The van der Waals surface area contributed by atoms with E-state index in [-0.39, 0.29) is 11.3 Å². The van der Waals surface area contributed by atoms with Gasteiger partial charge in [-0.1, -0.05) is 20.8 Å². The van der Waals surface area contributed by atoms with Crippen molar-refractivity contribution in [1.82, 2.24) is 9.88 Å². The highest BCUT2D eigenvalue weighted by molar-refractivity contribution is 4.92. The van der Waals surface area contributed by atoms with Crippen LogP contribution in [-0.4, -0.2) is 29.1 Å². The van der Waals surface area contributed by atoms with Gasteiger partial charge in [-0.15, -0.1) is 0 Å². The molecule has 2 rings (SSSR count). The molecular formula is C13H21FN2O. The van der Waals surface area contributed by atoms with Crippen molar-refractivity contribution >= 4 is 0 Å². The van der Waals surface area contributed by atoms with Crippen LogP contribution >= 0.6 is 0 Å². The molecule has 0 radical (unpaired) electrons. The third kappa shape index (κ3) is 3.06. The first kappa shape index (κ1) is 12.6. The van der Waals surface area contributed by atoms with E-state index in [9.17, 15) is 4.39 Å². The van der Waals surface area contributed by atoms with Crippen LogP contribution in [0.4, 0.5) is 4.39 Å². The van der Waals surface area contributed by atoms with E-state index in [1.807, 2.05) is 0 Å². The third-order valence-electron chi connectivity index (χ3n) is 3.60. The zero-order chi connectivity index (χ0) is 12.5. The molecular weight excluding hydrogens is 219 g/mol. The standard InChI is InChI=1S/C13H21FN2O/c1-13(2,3)11-4-5-16(8-12(11)14)7-10-6-15-9-17-10/h6,9,11-12H,4-5,7-8H2,1-3H3. The van der Waals surface area contributed by atoms with Gasteiger partial charge in [0, 0.05) is 6.54 Å². The van der Waals surface area contributed by atoms with Gasteiger partial charge in [-0.05, 0) is 24.3 Å². The molecule has 2 atom stereocenters. The van der Waals surface area contributed by atoms with E-state index < -0.39 is 6.17 Å². The summed E-state index contributed by atoms with van der Waals surface area (Å²) in [6, 6.07) is 0. The minimum absolute atomic E-state index is 0.0533. The molecule has 2 unspecified atom stereocenters. The summed E-state index contributed by atoms with van der Waals surface area (Å²) >= 11 is 0. The Hall–Kier alpha value is -0.900. The number of oxazole rings is 1. The van der Waals surface area contributed by atoms with Crippen LogP contribution in [0.1, 0.15) is 33.0 Å². The van der Waals surface area contributed by atoms with E-state index in [2.05, 4.69) is 30.7 Å². The summed E-state index contributed by atoms with van der Waals surface area (Å²) < 4.78 is 19.3. The second-order valence-corrected chi connectivity index (χ2v) is 5.98. The molecule has 0 aromatic carbocycles. The molecule has 0 spiro atoms. The number of piperidine rings is 1. The number of hydrogen-bond acceptors (Lipinski definition) is 3. The molecule has 4 heteroatoms. The SMILES string of the molecule is CC(C)(C)C1CCN(Cc2cnco2)CC1F. The van der Waals surface area contributed by atoms with Crippen molar-refractivity contribution in [1.29, 1.82) is 0 Å². The minimum atomic E-state index is -0.744. The van der Waals surface area contributed by atoms with Gasteiger partial charge < -0.3 is 4.42 Å². The second-order valence-electron chi connectivity index (χ2n) is 5.98. The van der Waals surface area contributed by atoms with Crippen LogP contribution in [0.5, 0.6) is 0 Å². The summed E-state index contributed by atoms with van der Waals surface area (Å²) in [7, 11) is 0. The lowest BCUT2D eigenvalue weighted by Gasteiger charge is -2.40. The Balaban J connectivity index is 1.91. The number of rotatable bonds is 2. The maximum absolute atomic E-state index is 14.1. The van der Waals surface area contributed by atoms with E-state index in [1.165, 1.54) is 6.39 Å². The van der Waals surface area contributed by atoms with Gasteiger partial charge in [-0.2, -0.15) is 0 Å². The molecule has 0 amide bonds. The minimum Gasteiger partial charge on any atom is -0.447 e. The molecule has 1 saturated heterocycles. The monoisotopic (exact) mass is 240 g/mol. The number of likely N-dealkylation sites (tertiary alicyclic amines) is 1. The van der Waals surface area contributed by atoms with Gasteiger partial charge in [0.25, 0.3) is 0 Å². The molecule has 3 nitrogen and oxygen atoms in total. The average Bonchev–Trinajstić information content (AvgIpc) is 2.68. The highest BCUT2D eigenvalue weighted by Gasteiger charge is 2.36. The van der Waals surface area contributed by atoms with Gasteiger partial charge in [0.2, 0.25) is 0 Å². The number of halogens is 1. The first-order valence-electron chi connectivity index (χ1n) is 6.20. The van der Waals surface area contributed by atoms with E-state index >= 15 is 0 Å². The predicted molar refractivity (Wildman–Crippen MR) is 64.2 cm³/mol. The van der Waals surface area contributed by atoms with Crippen LogP contribution in [0.2, 0.25) is 0 Å². The fourth-order valence-electron chi connectivity index (χ4n) is 2.63. The largest absolute Gasteiger partial charge is 0.447 e. The van der Waals surface area contributed by atoms with Crippen molar-refractivity contribution in [2.75, 3.05) is 13.1 Å². The Kier molecular flexibility index (Phi) is 3.52. The first-order valence-corrected chi connectivity index (χ1v) is 6.20. The number of aromatic nitrogens is 1. The van der Waals surface area contributed by atoms with Crippen LogP contribution in [0.25, 0.3) is 0 Å². The molecule has 0 saturated carbocycles. The zero-order valence-electron chi connectivity index (χ0n) is 10.8. The van der Waals surface area contributed by atoms with Crippen LogP contribution in [0.3, 0.4) is 0 Å². The predicted octanol–water partition coefficient (Wildman–Crippen LogP) is 2.88. The number of nitrogens with zero attached hydrogens (tertiary/aromatic N) is 2. The van der Waals surface area contributed by atoms with E-state index in [0.29, 0.717) is 13.1 Å². The Labute approximate surface area is 102 Å². The van der Waals surface area contributed by atoms with Gasteiger partial charge in [0.05, 0.1) is 12.7 Å². The third-order valence-corrected chi connectivity index (χ3v) is 3.60. The fraction of sp³-hybridized carbons (Fsp3) is 0.769. The molecule has 1 aliphatic heterocycles. The van der Waals surface area contributed by atoms with Crippen LogP contribution in [0, 0.1) is 11.3 Å². The summed E-state index contributed by atoms with van der Waals surface area (Å²) in [6.45, 7) is 8.46. The lowest BCUT2D eigenvalue weighted by atomic mass is 9.74.